The van der Waals surface area contributed by atoms with Gasteiger partial charge in [-0.1, -0.05) is 0 Å². The van der Waals surface area contributed by atoms with E-state index >= 15 is 0 Å². The standard InChI is InChI=1S/C16H22O11/c1-6(17)11(22)12-13(23,7(2)18)14(24,8(3)19)15(25,9(4)20)16(26,27-12)10(5)21/h11-12,22-26H,1-5H3/t11?,12-,13-,14+,15-,16?/m1/s1/i1D,2D,3D,4D,5D. The summed E-state index contributed by atoms with van der Waals surface area (Å²) in [4.78, 5) is 62.0. The molecule has 0 aromatic rings. The molecule has 2 unspecified atom stereocenters. The predicted octanol–water partition coefficient (Wildman–Crippen LogP) is -3.43. The zero-order valence-electron chi connectivity index (χ0n) is 18.9. The first-order chi connectivity index (χ1) is 14.7. The SMILES string of the molecule is [2H]CC(=O)C(O)[C@H]1OC(O)(C(=O)C[2H])[C@@](O)(C(=O)C[2H])[C@](O)(C(=O)C[2H])[C@@]1(O)C(=O)C[2H]. The molecule has 0 bridgehead atoms. The van der Waals surface area contributed by atoms with Gasteiger partial charge in [0.05, 0.1) is 0 Å². The lowest BCUT2D eigenvalue weighted by atomic mass is 9.57. The minimum absolute atomic E-state index is 1.25. The average Bonchev–Trinajstić information content (AvgIpc) is 2.81. The van der Waals surface area contributed by atoms with E-state index in [1.54, 1.807) is 0 Å². The third kappa shape index (κ3) is 2.54. The van der Waals surface area contributed by atoms with Gasteiger partial charge in [-0.05, 0) is 27.6 Å². The second-order valence-corrected chi connectivity index (χ2v) is 5.97. The molecule has 1 fully saturated rings. The fourth-order valence-electron chi connectivity index (χ4n) is 2.98. The monoisotopic (exact) mass is 395 g/mol. The maximum absolute atomic E-state index is 12.7. The third-order valence-corrected chi connectivity index (χ3v) is 4.50. The molecule has 1 saturated heterocycles. The van der Waals surface area contributed by atoms with E-state index < -0.39 is 98.2 Å². The van der Waals surface area contributed by atoms with Crippen LogP contribution in [0.15, 0.2) is 0 Å². The summed E-state index contributed by atoms with van der Waals surface area (Å²) < 4.78 is 40.6. The molecule has 0 saturated carbocycles. The molecular formula is C16H22O11. The van der Waals surface area contributed by atoms with E-state index in [0.717, 1.165) is 0 Å². The fraction of sp³-hybridized carbons (Fsp3) is 0.688. The van der Waals surface area contributed by atoms with E-state index in [1.807, 2.05) is 0 Å². The maximum atomic E-state index is 12.7. The molecule has 0 aliphatic carbocycles. The van der Waals surface area contributed by atoms with Crippen LogP contribution in [-0.2, 0) is 28.7 Å². The molecule has 0 radical (unpaired) electrons. The van der Waals surface area contributed by atoms with Crippen molar-refractivity contribution in [2.45, 2.75) is 69.3 Å². The van der Waals surface area contributed by atoms with Crippen molar-refractivity contribution >= 4 is 28.9 Å². The van der Waals surface area contributed by atoms with Crippen LogP contribution >= 0.6 is 0 Å². The minimum atomic E-state index is -4.41. The Kier molecular flexibility index (Phi) is 3.95. The second kappa shape index (κ2) is 6.62. The summed E-state index contributed by atoms with van der Waals surface area (Å²) in [6.07, 6.45) is -5.88. The highest BCUT2D eigenvalue weighted by atomic mass is 16.7. The number of ketones is 5. The third-order valence-electron chi connectivity index (χ3n) is 4.50. The molecule has 152 valence electrons. The van der Waals surface area contributed by atoms with E-state index in [-0.39, 0.29) is 0 Å². The molecule has 0 aromatic heterocycles. The molecule has 1 aliphatic rings. The van der Waals surface area contributed by atoms with Gasteiger partial charge in [-0.2, -0.15) is 0 Å². The van der Waals surface area contributed by atoms with Gasteiger partial charge < -0.3 is 30.3 Å². The van der Waals surface area contributed by atoms with Crippen LogP contribution in [0.2, 0.25) is 0 Å². The summed E-state index contributed by atoms with van der Waals surface area (Å²) in [7, 11) is 0. The van der Waals surface area contributed by atoms with E-state index in [9.17, 15) is 49.5 Å². The van der Waals surface area contributed by atoms with Crippen LogP contribution in [0, 0.1) is 0 Å². The summed E-state index contributed by atoms with van der Waals surface area (Å²) >= 11 is 0. The summed E-state index contributed by atoms with van der Waals surface area (Å²) in [5.41, 5.74) is -12.9. The fourth-order valence-corrected chi connectivity index (χ4v) is 2.98. The maximum Gasteiger partial charge on any atom is 0.267 e. The summed E-state index contributed by atoms with van der Waals surface area (Å²) in [6, 6.07) is 0. The van der Waals surface area contributed by atoms with Crippen molar-refractivity contribution in [3.8, 4) is 0 Å². The number of carbonyl (C=O) groups is 5. The molecule has 0 spiro atoms. The van der Waals surface area contributed by atoms with Crippen LogP contribution in [0.5, 0.6) is 0 Å². The quantitative estimate of drug-likeness (QED) is 0.300. The first-order valence-electron chi connectivity index (χ1n) is 10.6. The van der Waals surface area contributed by atoms with Crippen LogP contribution in [0.3, 0.4) is 0 Å². The summed E-state index contributed by atoms with van der Waals surface area (Å²) in [5, 5.41) is 54.5. The Morgan fingerprint density at radius 1 is 0.815 bits per heavy atom. The highest BCUT2D eigenvalue weighted by Gasteiger charge is 2.84. The molecular weight excluding hydrogens is 368 g/mol. The van der Waals surface area contributed by atoms with Crippen molar-refractivity contribution in [3.63, 3.8) is 0 Å². The number of hydrogen-bond acceptors (Lipinski definition) is 11. The van der Waals surface area contributed by atoms with Crippen molar-refractivity contribution in [1.29, 1.82) is 0 Å². The zero-order chi connectivity index (χ0) is 25.3. The first-order valence-corrected chi connectivity index (χ1v) is 7.04. The Morgan fingerprint density at radius 3 is 1.74 bits per heavy atom. The molecule has 11 heteroatoms. The number of aliphatic hydroxyl groups excluding tert-OH is 1. The number of carbonyl (C=O) groups excluding carboxylic acids is 5. The van der Waals surface area contributed by atoms with Crippen LogP contribution in [-0.4, -0.2) is 89.2 Å². The first kappa shape index (κ1) is 16.1. The predicted molar refractivity (Wildman–Crippen MR) is 84.1 cm³/mol. The van der Waals surface area contributed by atoms with Crippen LogP contribution < -0.4 is 0 Å². The largest absolute Gasteiger partial charge is 0.382 e. The lowest BCUT2D eigenvalue weighted by molar-refractivity contribution is -0.394. The van der Waals surface area contributed by atoms with E-state index in [4.69, 9.17) is 11.6 Å². The second-order valence-electron chi connectivity index (χ2n) is 5.97. The topological polar surface area (TPSA) is 196 Å². The average molecular weight is 395 g/mol. The Bertz CT molecular complexity index is 824. The minimum Gasteiger partial charge on any atom is -0.382 e. The lowest BCUT2D eigenvalue weighted by Gasteiger charge is -2.60. The number of hydrogen-bond donors (Lipinski definition) is 5. The van der Waals surface area contributed by atoms with Crippen molar-refractivity contribution in [1.82, 2.24) is 0 Å². The summed E-state index contributed by atoms with van der Waals surface area (Å²) in [6.45, 7) is -7.54. The molecule has 0 amide bonds. The van der Waals surface area contributed by atoms with Gasteiger partial charge in [0.2, 0.25) is 11.2 Å². The number of aliphatic hydroxyl groups is 5. The Labute approximate surface area is 160 Å². The van der Waals surface area contributed by atoms with Gasteiger partial charge in [0.1, 0.15) is 12.2 Å². The Balaban J connectivity index is 4.28. The van der Waals surface area contributed by atoms with Crippen LogP contribution in [0.1, 0.15) is 41.4 Å². The van der Waals surface area contributed by atoms with Crippen molar-refractivity contribution in [3.05, 3.63) is 0 Å². The molecule has 5 N–H and O–H groups in total. The molecule has 27 heavy (non-hydrogen) atoms. The van der Waals surface area contributed by atoms with Crippen molar-refractivity contribution in [2.75, 3.05) is 0 Å². The van der Waals surface area contributed by atoms with E-state index in [0.29, 0.717) is 0 Å². The number of rotatable bonds is 6. The lowest BCUT2D eigenvalue weighted by Crippen LogP contribution is -2.91. The van der Waals surface area contributed by atoms with Gasteiger partial charge in [0.25, 0.3) is 5.79 Å². The number of Topliss-reactive ketones (excluding diaryl/α,β-unsaturated/α-hetero) is 5. The highest BCUT2D eigenvalue weighted by molar-refractivity contribution is 6.09. The Hall–Kier alpha value is -1.89. The van der Waals surface area contributed by atoms with Gasteiger partial charge in [-0.15, -0.1) is 0 Å². The molecule has 1 heterocycles. The Morgan fingerprint density at radius 2 is 1.30 bits per heavy atom. The van der Waals surface area contributed by atoms with Gasteiger partial charge in [-0.25, -0.2) is 0 Å². The van der Waals surface area contributed by atoms with E-state index in [1.165, 1.54) is 0 Å². The van der Waals surface area contributed by atoms with Gasteiger partial charge in [0.15, 0.2) is 34.5 Å². The number of ether oxygens (including phenoxy) is 1. The molecule has 0 aromatic carbocycles. The van der Waals surface area contributed by atoms with Crippen molar-refractivity contribution < 1.29 is 61.1 Å². The molecule has 11 nitrogen and oxygen atoms in total. The molecule has 1 rings (SSSR count). The van der Waals surface area contributed by atoms with Crippen molar-refractivity contribution in [2.24, 2.45) is 0 Å². The van der Waals surface area contributed by atoms with Gasteiger partial charge in [-0.3, -0.25) is 24.0 Å². The van der Waals surface area contributed by atoms with Crippen LogP contribution in [0.4, 0.5) is 0 Å². The molecule has 6 atom stereocenters. The molecule has 1 aliphatic heterocycles. The zero-order valence-corrected chi connectivity index (χ0v) is 13.9. The van der Waals surface area contributed by atoms with E-state index in [2.05, 4.69) is 0 Å². The van der Waals surface area contributed by atoms with Gasteiger partial charge in [0, 0.05) is 13.8 Å². The van der Waals surface area contributed by atoms with Crippen LogP contribution in [0.25, 0.3) is 0 Å². The normalized spacial score (nSPS) is 42.6. The highest BCUT2D eigenvalue weighted by Crippen LogP contribution is 2.51. The van der Waals surface area contributed by atoms with Gasteiger partial charge >= 0.3 is 0 Å². The summed E-state index contributed by atoms with van der Waals surface area (Å²) in [5.74, 6) is -13.8. The smallest absolute Gasteiger partial charge is 0.267 e.